The molecule has 0 saturated heterocycles. The summed E-state index contributed by atoms with van der Waals surface area (Å²) in [6.45, 7) is 1.94. The highest BCUT2D eigenvalue weighted by atomic mass is 32.2. The van der Waals surface area contributed by atoms with Gasteiger partial charge in [-0.15, -0.1) is 0 Å². The number of nitrogens with two attached hydrogens (primary N) is 1. The summed E-state index contributed by atoms with van der Waals surface area (Å²) in [5.74, 6) is 0. The number of nitro groups is 1. The number of nitrogens with zero attached hydrogens (tertiary/aromatic N) is 5. The van der Waals surface area contributed by atoms with E-state index < -0.39 is 20.6 Å². The number of hydrogen-bond donors (Lipinski definition) is 1. The summed E-state index contributed by atoms with van der Waals surface area (Å²) in [6, 6.07) is 22.8. The van der Waals surface area contributed by atoms with Crippen LogP contribution in [0.25, 0.3) is 0 Å². The Bertz CT molecular complexity index is 1620. The van der Waals surface area contributed by atoms with E-state index in [2.05, 4.69) is 16.0 Å². The first kappa shape index (κ1) is 29.5. The van der Waals surface area contributed by atoms with Crippen molar-refractivity contribution in [2.45, 2.75) is 49.8 Å². The van der Waals surface area contributed by atoms with Gasteiger partial charge in [-0.25, -0.2) is 8.42 Å². The van der Waals surface area contributed by atoms with Gasteiger partial charge in [-0.05, 0) is 60.2 Å². The first-order chi connectivity index (χ1) is 20.4. The van der Waals surface area contributed by atoms with Crippen LogP contribution in [0.1, 0.15) is 47.0 Å². The Kier molecular flexibility index (Phi) is 9.33. The number of sulfonamides is 1. The maximum atomic E-state index is 13.8. The van der Waals surface area contributed by atoms with Crippen LogP contribution < -0.4 is 5.73 Å². The van der Waals surface area contributed by atoms with E-state index in [9.17, 15) is 18.5 Å². The summed E-state index contributed by atoms with van der Waals surface area (Å²) >= 11 is 0. The lowest BCUT2D eigenvalue weighted by molar-refractivity contribution is -0.387. The Labute approximate surface area is 246 Å². The normalized spacial score (nSPS) is 15.1. The zero-order valence-electron chi connectivity index (χ0n) is 23.2. The molecule has 0 amide bonds. The number of para-hydroxylation sites is 1. The van der Waals surface area contributed by atoms with Gasteiger partial charge in [-0.3, -0.25) is 25.0 Å². The van der Waals surface area contributed by atoms with Crippen molar-refractivity contribution < 1.29 is 13.3 Å². The highest BCUT2D eigenvalue weighted by molar-refractivity contribution is 7.89. The minimum atomic E-state index is -4.23. The van der Waals surface area contributed by atoms with Gasteiger partial charge in [0, 0.05) is 44.6 Å². The lowest BCUT2D eigenvalue weighted by atomic mass is 9.90. The number of pyridine rings is 2. The largest absolute Gasteiger partial charge is 0.329 e. The second kappa shape index (κ2) is 13.3. The van der Waals surface area contributed by atoms with Crippen LogP contribution in [0.3, 0.4) is 0 Å². The molecule has 1 aliphatic rings. The third kappa shape index (κ3) is 6.71. The number of benzene rings is 2. The van der Waals surface area contributed by atoms with Crippen LogP contribution in [0.15, 0.2) is 96.2 Å². The second-order valence-corrected chi connectivity index (χ2v) is 12.3. The van der Waals surface area contributed by atoms with Crippen LogP contribution in [-0.2, 0) is 36.1 Å². The predicted octanol–water partition coefficient (Wildman–Crippen LogP) is 4.61. The molecule has 2 aromatic heterocycles. The monoisotopic (exact) mass is 586 g/mol. The molecule has 11 heteroatoms. The minimum absolute atomic E-state index is 0.0255. The van der Waals surface area contributed by atoms with Crippen molar-refractivity contribution >= 4 is 15.7 Å². The Morgan fingerprint density at radius 3 is 2.31 bits per heavy atom. The Morgan fingerprint density at radius 2 is 1.60 bits per heavy atom. The van der Waals surface area contributed by atoms with Gasteiger partial charge >= 0.3 is 0 Å². The van der Waals surface area contributed by atoms with Crippen molar-refractivity contribution in [3.63, 3.8) is 0 Å². The van der Waals surface area contributed by atoms with E-state index >= 15 is 0 Å². The molecule has 0 spiro atoms. The molecule has 2 aromatic carbocycles. The molecule has 2 N–H and O–H groups in total. The van der Waals surface area contributed by atoms with Crippen LogP contribution in [0.5, 0.6) is 0 Å². The zero-order valence-corrected chi connectivity index (χ0v) is 24.1. The Balaban J connectivity index is 1.39. The van der Waals surface area contributed by atoms with Crippen LogP contribution >= 0.6 is 0 Å². The van der Waals surface area contributed by atoms with Crippen LogP contribution in [0.4, 0.5) is 5.69 Å². The fraction of sp³-hybridized carbons (Fsp3) is 0.290. The number of aryl methyl sites for hydroxylation is 1. The average Bonchev–Trinajstić information content (AvgIpc) is 3.01. The van der Waals surface area contributed by atoms with E-state index in [4.69, 9.17) is 10.7 Å². The molecule has 1 unspecified atom stereocenters. The molecule has 0 bridgehead atoms. The molecular weight excluding hydrogens is 552 g/mol. The average molecular weight is 587 g/mol. The smallest absolute Gasteiger partial charge is 0.289 e. The van der Waals surface area contributed by atoms with Crippen LogP contribution in [-0.4, -0.2) is 45.6 Å². The van der Waals surface area contributed by atoms with Gasteiger partial charge in [0.2, 0.25) is 0 Å². The van der Waals surface area contributed by atoms with Crippen molar-refractivity contribution in [1.29, 1.82) is 0 Å². The van der Waals surface area contributed by atoms with Crippen molar-refractivity contribution in [2.24, 2.45) is 5.73 Å². The third-order valence-electron chi connectivity index (χ3n) is 7.53. The number of nitro benzene ring substituents is 1. The van der Waals surface area contributed by atoms with Gasteiger partial charge in [-0.1, -0.05) is 48.5 Å². The third-order valence-corrected chi connectivity index (χ3v) is 9.37. The molecule has 1 atom stereocenters. The molecule has 2 heterocycles. The van der Waals surface area contributed by atoms with Gasteiger partial charge in [0.25, 0.3) is 15.7 Å². The van der Waals surface area contributed by atoms with E-state index in [1.165, 1.54) is 34.1 Å². The van der Waals surface area contributed by atoms with E-state index in [1.54, 1.807) is 24.4 Å². The van der Waals surface area contributed by atoms with Crippen molar-refractivity contribution in [2.75, 3.05) is 13.1 Å². The lowest BCUT2D eigenvalue weighted by Crippen LogP contribution is -2.35. The standard InChI is InChI=1S/C31H34N6O4S/c32-17-20-35(29-11-5-7-26-8-6-19-34-31(26)29)21-24-13-15-25(16-14-24)22-36(23-27-9-3-4-18-33-27)42(40,41)30-12-2-1-10-28(30)37(38)39/h1-4,6,8-10,12-16,18-19,29H,5,7,11,17,20-23,32H2. The molecule has 0 radical (unpaired) electrons. The van der Waals surface area contributed by atoms with Crippen molar-refractivity contribution in [3.05, 3.63) is 129 Å². The van der Waals surface area contributed by atoms with Crippen molar-refractivity contribution in [3.8, 4) is 0 Å². The van der Waals surface area contributed by atoms with Gasteiger partial charge in [0.05, 0.1) is 28.9 Å². The topological polar surface area (TPSA) is 136 Å². The zero-order chi connectivity index (χ0) is 29.5. The first-order valence-electron chi connectivity index (χ1n) is 14.0. The number of fused-ring (bicyclic) bond motifs is 1. The predicted molar refractivity (Wildman–Crippen MR) is 160 cm³/mol. The summed E-state index contributed by atoms with van der Waals surface area (Å²) < 4.78 is 28.8. The van der Waals surface area contributed by atoms with Gasteiger partial charge in [0.15, 0.2) is 4.90 Å². The summed E-state index contributed by atoms with van der Waals surface area (Å²) in [6.07, 6.45) is 6.60. The molecular formula is C31H34N6O4S. The molecule has 1 aliphatic carbocycles. The molecule has 10 nitrogen and oxygen atoms in total. The molecule has 42 heavy (non-hydrogen) atoms. The number of aromatic nitrogens is 2. The second-order valence-electron chi connectivity index (χ2n) is 10.4. The van der Waals surface area contributed by atoms with Gasteiger partial charge < -0.3 is 5.73 Å². The first-order valence-corrected chi connectivity index (χ1v) is 15.4. The lowest BCUT2D eigenvalue weighted by Gasteiger charge is -2.35. The fourth-order valence-corrected chi connectivity index (χ4v) is 7.06. The number of hydrogen-bond acceptors (Lipinski definition) is 8. The van der Waals surface area contributed by atoms with Crippen molar-refractivity contribution in [1.82, 2.24) is 19.2 Å². The van der Waals surface area contributed by atoms with E-state index in [0.717, 1.165) is 42.6 Å². The molecule has 0 aliphatic heterocycles. The van der Waals surface area contributed by atoms with Crippen LogP contribution in [0.2, 0.25) is 0 Å². The molecule has 0 fully saturated rings. The maximum absolute atomic E-state index is 13.8. The number of rotatable bonds is 12. The van der Waals surface area contributed by atoms with Gasteiger partial charge in [0.1, 0.15) is 0 Å². The summed E-state index contributed by atoms with van der Waals surface area (Å²) in [5.41, 5.74) is 10.3. The molecule has 0 saturated carbocycles. The summed E-state index contributed by atoms with van der Waals surface area (Å²) in [4.78, 5) is 22.0. The molecule has 5 rings (SSSR count). The Hall–Kier alpha value is -4.03. The molecule has 4 aromatic rings. The summed E-state index contributed by atoms with van der Waals surface area (Å²) in [5, 5.41) is 11.7. The summed E-state index contributed by atoms with van der Waals surface area (Å²) in [7, 11) is -4.23. The minimum Gasteiger partial charge on any atom is -0.329 e. The molecule has 218 valence electrons. The highest BCUT2D eigenvalue weighted by Crippen LogP contribution is 2.34. The van der Waals surface area contributed by atoms with Gasteiger partial charge in [-0.2, -0.15) is 4.31 Å². The Morgan fingerprint density at radius 1 is 0.881 bits per heavy atom. The highest BCUT2D eigenvalue weighted by Gasteiger charge is 2.32. The quantitative estimate of drug-likeness (QED) is 0.188. The van der Waals surface area contributed by atoms with Crippen LogP contribution in [0, 0.1) is 10.1 Å². The van der Waals surface area contributed by atoms with E-state index in [-0.39, 0.29) is 24.0 Å². The maximum Gasteiger partial charge on any atom is 0.289 e. The SMILES string of the molecule is NCCN(Cc1ccc(CN(Cc2ccccn2)S(=O)(=O)c2ccccc2[N+](=O)[O-])cc1)C1CCCc2cccnc21. The van der Waals surface area contributed by atoms with E-state index in [0.29, 0.717) is 18.8 Å². The van der Waals surface area contributed by atoms with E-state index in [1.807, 2.05) is 36.5 Å². The fourth-order valence-electron chi connectivity index (χ4n) is 5.50.